The average Bonchev–Trinajstić information content (AvgIpc) is 2.32. The van der Waals surface area contributed by atoms with E-state index in [0.717, 1.165) is 5.57 Å². The van der Waals surface area contributed by atoms with Crippen molar-refractivity contribution in [2.24, 2.45) is 5.73 Å². The molecule has 1 heterocycles. The molecule has 0 fully saturated rings. The Hall–Kier alpha value is -1.03. The normalized spacial score (nSPS) is 20.5. The van der Waals surface area contributed by atoms with Gasteiger partial charge in [0, 0.05) is 5.70 Å². The average molecular weight is 185 g/mol. The summed E-state index contributed by atoms with van der Waals surface area (Å²) in [6.45, 7) is 4.19. The lowest BCUT2D eigenvalue weighted by atomic mass is 10.0. The third kappa shape index (κ3) is 2.01. The summed E-state index contributed by atoms with van der Waals surface area (Å²) in [5.41, 5.74) is 6.85. The van der Waals surface area contributed by atoms with E-state index in [1.54, 1.807) is 0 Å². The predicted octanol–water partition coefficient (Wildman–Crippen LogP) is 0.571. The first kappa shape index (κ1) is 10.1. The summed E-state index contributed by atoms with van der Waals surface area (Å²) in [6.07, 6.45) is 0.228. The number of methoxy groups -OCH3 is 1. The number of ether oxygens (including phenoxy) is 2. The van der Waals surface area contributed by atoms with Crippen molar-refractivity contribution in [2.75, 3.05) is 13.7 Å². The van der Waals surface area contributed by atoms with E-state index in [9.17, 15) is 4.79 Å². The van der Waals surface area contributed by atoms with E-state index in [2.05, 4.69) is 4.74 Å². The van der Waals surface area contributed by atoms with Gasteiger partial charge in [-0.1, -0.05) is 0 Å². The molecule has 0 atom stereocenters. The lowest BCUT2D eigenvalue weighted by Crippen LogP contribution is -2.26. The van der Waals surface area contributed by atoms with Gasteiger partial charge < -0.3 is 15.2 Å². The standard InChI is InChI=1S/C9H15NO3/c1-9(2)8(10)6(5-13-9)4-7(11)12-3/h4-5,10H2,1-3H3. The molecule has 0 unspecified atom stereocenters. The molecule has 1 aliphatic heterocycles. The Morgan fingerprint density at radius 2 is 2.31 bits per heavy atom. The van der Waals surface area contributed by atoms with E-state index >= 15 is 0 Å². The van der Waals surface area contributed by atoms with Crippen LogP contribution in [0.25, 0.3) is 0 Å². The van der Waals surface area contributed by atoms with Gasteiger partial charge in [0.25, 0.3) is 0 Å². The first-order valence-corrected chi connectivity index (χ1v) is 4.16. The van der Waals surface area contributed by atoms with Crippen LogP contribution in [0.15, 0.2) is 11.3 Å². The second kappa shape index (κ2) is 3.38. The minimum Gasteiger partial charge on any atom is -0.469 e. The molecule has 0 aromatic heterocycles. The Bertz CT molecular complexity index is 256. The Kier molecular flexibility index (Phi) is 2.61. The summed E-state index contributed by atoms with van der Waals surface area (Å²) in [4.78, 5) is 11.0. The van der Waals surface area contributed by atoms with Gasteiger partial charge in [0.15, 0.2) is 0 Å². The van der Waals surface area contributed by atoms with E-state index in [1.165, 1.54) is 7.11 Å². The fourth-order valence-corrected chi connectivity index (χ4v) is 1.24. The van der Waals surface area contributed by atoms with Crippen molar-refractivity contribution >= 4 is 5.97 Å². The quantitative estimate of drug-likeness (QED) is 0.639. The van der Waals surface area contributed by atoms with Gasteiger partial charge in [0.1, 0.15) is 5.60 Å². The minimum absolute atomic E-state index is 0.228. The lowest BCUT2D eigenvalue weighted by Gasteiger charge is -2.18. The molecule has 2 N–H and O–H groups in total. The fourth-order valence-electron chi connectivity index (χ4n) is 1.24. The molecule has 0 aromatic carbocycles. The van der Waals surface area contributed by atoms with Crippen LogP contribution in [0, 0.1) is 0 Å². The first-order valence-electron chi connectivity index (χ1n) is 4.16. The number of rotatable bonds is 2. The summed E-state index contributed by atoms with van der Waals surface area (Å²) in [5, 5.41) is 0. The van der Waals surface area contributed by atoms with Crippen LogP contribution in [0.1, 0.15) is 20.3 Å². The molecule has 0 bridgehead atoms. The number of nitrogens with two attached hydrogens (primary N) is 1. The van der Waals surface area contributed by atoms with Crippen LogP contribution in [-0.4, -0.2) is 25.3 Å². The van der Waals surface area contributed by atoms with Crippen molar-refractivity contribution in [1.29, 1.82) is 0 Å². The third-order valence-corrected chi connectivity index (χ3v) is 2.22. The topological polar surface area (TPSA) is 61.5 Å². The van der Waals surface area contributed by atoms with Gasteiger partial charge in [-0.25, -0.2) is 0 Å². The Balaban J connectivity index is 2.71. The molecule has 0 amide bonds. The zero-order chi connectivity index (χ0) is 10.1. The van der Waals surface area contributed by atoms with E-state index in [0.29, 0.717) is 12.3 Å². The zero-order valence-electron chi connectivity index (χ0n) is 8.22. The smallest absolute Gasteiger partial charge is 0.309 e. The number of carbonyl (C=O) groups excluding carboxylic acids is 1. The minimum atomic E-state index is -0.441. The summed E-state index contributed by atoms with van der Waals surface area (Å²) >= 11 is 0. The Morgan fingerprint density at radius 1 is 1.69 bits per heavy atom. The van der Waals surface area contributed by atoms with Gasteiger partial charge in [0.05, 0.1) is 20.1 Å². The lowest BCUT2D eigenvalue weighted by molar-refractivity contribution is -0.139. The SMILES string of the molecule is COC(=O)CC1=C(N)C(C)(C)OC1. The highest BCUT2D eigenvalue weighted by Gasteiger charge is 2.32. The highest BCUT2D eigenvalue weighted by Crippen LogP contribution is 2.28. The van der Waals surface area contributed by atoms with Crippen LogP contribution < -0.4 is 5.73 Å². The van der Waals surface area contributed by atoms with E-state index in [-0.39, 0.29) is 12.4 Å². The van der Waals surface area contributed by atoms with Gasteiger partial charge in [-0.15, -0.1) is 0 Å². The fraction of sp³-hybridized carbons (Fsp3) is 0.667. The molecule has 1 aliphatic rings. The van der Waals surface area contributed by atoms with Gasteiger partial charge in [0.2, 0.25) is 0 Å². The Labute approximate surface area is 77.7 Å². The van der Waals surface area contributed by atoms with Crippen LogP contribution in [0.2, 0.25) is 0 Å². The first-order chi connectivity index (χ1) is 5.97. The van der Waals surface area contributed by atoms with Gasteiger partial charge in [-0.05, 0) is 19.4 Å². The number of hydrogen-bond donors (Lipinski definition) is 1. The molecule has 4 heteroatoms. The summed E-state index contributed by atoms with van der Waals surface area (Å²) in [5.74, 6) is -0.278. The largest absolute Gasteiger partial charge is 0.469 e. The van der Waals surface area contributed by atoms with E-state index < -0.39 is 5.60 Å². The van der Waals surface area contributed by atoms with Crippen LogP contribution in [0.4, 0.5) is 0 Å². The molecular formula is C9H15NO3. The van der Waals surface area contributed by atoms with Crippen molar-refractivity contribution in [3.8, 4) is 0 Å². The van der Waals surface area contributed by atoms with Crippen LogP contribution >= 0.6 is 0 Å². The van der Waals surface area contributed by atoms with Gasteiger partial charge in [-0.3, -0.25) is 4.79 Å². The highest BCUT2D eigenvalue weighted by atomic mass is 16.5. The maximum atomic E-state index is 11.0. The number of esters is 1. The highest BCUT2D eigenvalue weighted by molar-refractivity contribution is 5.72. The van der Waals surface area contributed by atoms with Crippen molar-refractivity contribution in [1.82, 2.24) is 0 Å². The molecule has 0 aliphatic carbocycles. The molecule has 1 rings (SSSR count). The second-order valence-electron chi connectivity index (χ2n) is 3.57. The van der Waals surface area contributed by atoms with Crippen LogP contribution in [-0.2, 0) is 14.3 Å². The van der Waals surface area contributed by atoms with Crippen molar-refractivity contribution < 1.29 is 14.3 Å². The monoisotopic (exact) mass is 185 g/mol. The molecule has 74 valence electrons. The number of hydrogen-bond acceptors (Lipinski definition) is 4. The van der Waals surface area contributed by atoms with Crippen molar-refractivity contribution in [3.05, 3.63) is 11.3 Å². The third-order valence-electron chi connectivity index (χ3n) is 2.22. The van der Waals surface area contributed by atoms with Crippen LogP contribution in [0.3, 0.4) is 0 Å². The predicted molar refractivity (Wildman–Crippen MR) is 47.9 cm³/mol. The van der Waals surface area contributed by atoms with Gasteiger partial charge >= 0.3 is 5.97 Å². The maximum absolute atomic E-state index is 11.0. The Morgan fingerprint density at radius 3 is 2.69 bits per heavy atom. The summed E-state index contributed by atoms with van der Waals surface area (Å²) in [7, 11) is 1.36. The van der Waals surface area contributed by atoms with E-state index in [1.807, 2.05) is 13.8 Å². The molecule has 0 aromatic rings. The molecule has 0 saturated heterocycles. The summed E-state index contributed by atoms with van der Waals surface area (Å²) < 4.78 is 9.95. The molecule has 0 radical (unpaired) electrons. The number of carbonyl (C=O) groups is 1. The van der Waals surface area contributed by atoms with Gasteiger partial charge in [-0.2, -0.15) is 0 Å². The maximum Gasteiger partial charge on any atom is 0.309 e. The molecular weight excluding hydrogens is 170 g/mol. The zero-order valence-corrected chi connectivity index (χ0v) is 8.22. The van der Waals surface area contributed by atoms with E-state index in [4.69, 9.17) is 10.5 Å². The molecule has 0 saturated carbocycles. The summed E-state index contributed by atoms with van der Waals surface area (Å²) in [6, 6.07) is 0. The van der Waals surface area contributed by atoms with Crippen molar-refractivity contribution in [2.45, 2.75) is 25.9 Å². The second-order valence-corrected chi connectivity index (χ2v) is 3.57. The molecule has 0 spiro atoms. The molecule has 4 nitrogen and oxygen atoms in total. The van der Waals surface area contributed by atoms with Crippen molar-refractivity contribution in [3.63, 3.8) is 0 Å². The molecule has 13 heavy (non-hydrogen) atoms. The van der Waals surface area contributed by atoms with Crippen LogP contribution in [0.5, 0.6) is 0 Å².